The van der Waals surface area contributed by atoms with E-state index < -0.39 is 10.8 Å². The van der Waals surface area contributed by atoms with E-state index in [2.05, 4.69) is 15.4 Å². The molecule has 2 aromatic carbocycles. The molecule has 1 amide bonds. The predicted octanol–water partition coefficient (Wildman–Crippen LogP) is 3.48. The van der Waals surface area contributed by atoms with Crippen LogP contribution in [-0.2, 0) is 4.79 Å². The van der Waals surface area contributed by atoms with Crippen LogP contribution in [0.5, 0.6) is 0 Å². The number of para-hydroxylation sites is 2. The van der Waals surface area contributed by atoms with Crippen LogP contribution in [0.15, 0.2) is 61.2 Å². The van der Waals surface area contributed by atoms with Gasteiger partial charge in [-0.05, 0) is 29.8 Å². The minimum atomic E-state index is -0.575. The number of halogens is 1. The number of nitro benzene ring substituents is 1. The molecule has 0 spiro atoms. The van der Waals surface area contributed by atoms with Crippen molar-refractivity contribution in [3.63, 3.8) is 0 Å². The smallest absolute Gasteiger partial charge is 0.288 e. The zero-order valence-electron chi connectivity index (χ0n) is 13.2. The van der Waals surface area contributed by atoms with E-state index >= 15 is 0 Å². The number of nitro groups is 1. The van der Waals surface area contributed by atoms with E-state index in [9.17, 15) is 14.9 Å². The van der Waals surface area contributed by atoms with Crippen LogP contribution in [0.4, 0.5) is 11.4 Å². The fourth-order valence-electron chi connectivity index (χ4n) is 2.23. The lowest BCUT2D eigenvalue weighted by molar-refractivity contribution is -0.384. The number of hydrogen-bond acceptors (Lipinski definition) is 5. The normalized spacial score (nSPS) is 10.8. The first-order valence-electron chi connectivity index (χ1n) is 7.41. The highest BCUT2D eigenvalue weighted by molar-refractivity contribution is 6.32. The molecule has 9 heteroatoms. The lowest BCUT2D eigenvalue weighted by Crippen LogP contribution is -2.10. The number of carbonyl (C=O) groups is 1. The van der Waals surface area contributed by atoms with E-state index in [1.165, 1.54) is 41.6 Å². The lowest BCUT2D eigenvalue weighted by atomic mass is 10.2. The van der Waals surface area contributed by atoms with E-state index in [0.29, 0.717) is 16.9 Å². The first-order valence-corrected chi connectivity index (χ1v) is 7.79. The van der Waals surface area contributed by atoms with Crippen molar-refractivity contribution in [2.75, 3.05) is 5.32 Å². The molecule has 1 aromatic heterocycles. The monoisotopic (exact) mass is 369 g/mol. The molecule has 26 heavy (non-hydrogen) atoms. The van der Waals surface area contributed by atoms with Crippen molar-refractivity contribution in [3.05, 3.63) is 81.9 Å². The average Bonchev–Trinajstić information content (AvgIpc) is 3.15. The Labute approximate surface area is 152 Å². The zero-order chi connectivity index (χ0) is 18.5. The molecule has 3 rings (SSSR count). The summed E-state index contributed by atoms with van der Waals surface area (Å²) in [7, 11) is 0. The highest BCUT2D eigenvalue weighted by atomic mass is 35.5. The van der Waals surface area contributed by atoms with Crippen molar-refractivity contribution in [1.82, 2.24) is 14.8 Å². The van der Waals surface area contributed by atoms with Gasteiger partial charge in [0.1, 0.15) is 17.7 Å². The van der Waals surface area contributed by atoms with Gasteiger partial charge in [-0.2, -0.15) is 5.10 Å². The summed E-state index contributed by atoms with van der Waals surface area (Å²) in [5.74, 6) is -0.393. The Kier molecular flexibility index (Phi) is 5.04. The topological polar surface area (TPSA) is 103 Å². The minimum absolute atomic E-state index is 0.0401. The van der Waals surface area contributed by atoms with Crippen LogP contribution in [-0.4, -0.2) is 25.6 Å². The highest BCUT2D eigenvalue weighted by Crippen LogP contribution is 2.25. The molecule has 0 fully saturated rings. The molecular weight excluding hydrogens is 358 g/mol. The molecule has 3 aromatic rings. The summed E-state index contributed by atoms with van der Waals surface area (Å²) >= 11 is 5.77. The Morgan fingerprint density at radius 2 is 2.08 bits per heavy atom. The maximum absolute atomic E-state index is 12.2. The third kappa shape index (κ3) is 3.93. The third-order valence-corrected chi connectivity index (χ3v) is 3.74. The lowest BCUT2D eigenvalue weighted by Gasteiger charge is -2.08. The van der Waals surface area contributed by atoms with Gasteiger partial charge in [0.2, 0.25) is 5.91 Å². The Hall–Kier alpha value is -3.52. The fourth-order valence-corrected chi connectivity index (χ4v) is 2.42. The van der Waals surface area contributed by atoms with Gasteiger partial charge in [-0.1, -0.05) is 29.8 Å². The predicted molar refractivity (Wildman–Crippen MR) is 97.1 cm³/mol. The number of amides is 1. The van der Waals surface area contributed by atoms with Crippen molar-refractivity contribution in [1.29, 1.82) is 0 Å². The largest absolute Gasteiger partial charge is 0.321 e. The summed E-state index contributed by atoms with van der Waals surface area (Å²) < 4.78 is 1.53. The van der Waals surface area contributed by atoms with Gasteiger partial charge in [-0.25, -0.2) is 9.67 Å². The van der Waals surface area contributed by atoms with E-state index in [0.717, 1.165) is 0 Å². The Morgan fingerprint density at radius 3 is 2.81 bits per heavy atom. The van der Waals surface area contributed by atoms with Crippen molar-refractivity contribution in [2.45, 2.75) is 0 Å². The van der Waals surface area contributed by atoms with Crippen molar-refractivity contribution in [2.24, 2.45) is 0 Å². The number of aromatic nitrogens is 3. The van der Waals surface area contributed by atoms with Crippen LogP contribution in [0, 0.1) is 10.1 Å². The summed E-state index contributed by atoms with van der Waals surface area (Å²) in [6, 6.07) is 11.4. The Morgan fingerprint density at radius 1 is 1.27 bits per heavy atom. The first kappa shape index (κ1) is 17.3. The zero-order valence-corrected chi connectivity index (χ0v) is 14.0. The van der Waals surface area contributed by atoms with Gasteiger partial charge in [0.15, 0.2) is 0 Å². The summed E-state index contributed by atoms with van der Waals surface area (Å²) in [5.41, 5.74) is 1.48. The maximum Gasteiger partial charge on any atom is 0.288 e. The maximum atomic E-state index is 12.2. The third-order valence-electron chi connectivity index (χ3n) is 3.42. The fraction of sp³-hybridized carbons (Fsp3) is 0. The number of carbonyl (C=O) groups excluding carboxylic acids is 1. The van der Waals surface area contributed by atoms with E-state index in [-0.39, 0.29) is 10.7 Å². The molecule has 0 aliphatic heterocycles. The average molecular weight is 370 g/mol. The number of hydrogen-bond donors (Lipinski definition) is 1. The van der Waals surface area contributed by atoms with Gasteiger partial charge in [0.05, 0.1) is 16.3 Å². The molecule has 130 valence electrons. The van der Waals surface area contributed by atoms with E-state index in [1.807, 2.05) is 6.07 Å². The SMILES string of the molecule is O=C(/C=C/c1ccc(Cl)c([N+](=O)[O-])c1)Nc1ccccc1-n1cncn1. The molecule has 1 heterocycles. The van der Waals surface area contributed by atoms with Gasteiger partial charge in [-0.15, -0.1) is 0 Å². The number of rotatable bonds is 5. The number of nitrogens with one attached hydrogen (secondary N) is 1. The van der Waals surface area contributed by atoms with Crippen LogP contribution in [0.3, 0.4) is 0 Å². The second kappa shape index (κ2) is 7.58. The van der Waals surface area contributed by atoms with Crippen LogP contribution < -0.4 is 5.32 Å². The molecule has 0 saturated carbocycles. The standard InChI is InChI=1S/C17H12ClN5O3/c18-13-7-5-12(9-16(13)23(25)26)6-8-17(24)21-14-3-1-2-4-15(14)22-11-19-10-20-22/h1-11H,(H,21,24)/b8-6+. The quantitative estimate of drug-likeness (QED) is 0.421. The van der Waals surface area contributed by atoms with Crippen LogP contribution in [0.2, 0.25) is 5.02 Å². The van der Waals surface area contributed by atoms with Crippen LogP contribution >= 0.6 is 11.6 Å². The second-order valence-electron chi connectivity index (χ2n) is 5.15. The van der Waals surface area contributed by atoms with Gasteiger partial charge in [-0.3, -0.25) is 14.9 Å². The van der Waals surface area contributed by atoms with Gasteiger partial charge < -0.3 is 5.32 Å². The van der Waals surface area contributed by atoms with Crippen LogP contribution in [0.1, 0.15) is 5.56 Å². The molecule has 0 aliphatic carbocycles. The molecular formula is C17H12ClN5O3. The molecule has 8 nitrogen and oxygen atoms in total. The Balaban J connectivity index is 1.77. The number of benzene rings is 2. The summed E-state index contributed by atoms with van der Waals surface area (Å²) in [4.78, 5) is 26.4. The minimum Gasteiger partial charge on any atom is -0.321 e. The van der Waals surface area contributed by atoms with Gasteiger partial charge >= 0.3 is 0 Å². The van der Waals surface area contributed by atoms with Crippen molar-refractivity contribution in [3.8, 4) is 5.69 Å². The summed E-state index contributed by atoms with van der Waals surface area (Å²) in [6.07, 6.45) is 5.67. The molecule has 0 aliphatic rings. The first-order chi connectivity index (χ1) is 12.5. The second-order valence-corrected chi connectivity index (χ2v) is 5.55. The molecule has 0 saturated heterocycles. The molecule has 0 atom stereocenters. The molecule has 0 bridgehead atoms. The molecule has 0 radical (unpaired) electrons. The van der Waals surface area contributed by atoms with Gasteiger partial charge in [0, 0.05) is 12.1 Å². The van der Waals surface area contributed by atoms with E-state index in [1.54, 1.807) is 24.3 Å². The van der Waals surface area contributed by atoms with Crippen molar-refractivity contribution >= 4 is 35.0 Å². The van der Waals surface area contributed by atoms with Crippen LogP contribution in [0.25, 0.3) is 11.8 Å². The van der Waals surface area contributed by atoms with Gasteiger partial charge in [0.25, 0.3) is 5.69 Å². The highest BCUT2D eigenvalue weighted by Gasteiger charge is 2.12. The van der Waals surface area contributed by atoms with Crippen molar-refractivity contribution < 1.29 is 9.72 Å². The number of nitrogens with zero attached hydrogens (tertiary/aromatic N) is 4. The Bertz CT molecular complexity index is 986. The molecule has 1 N–H and O–H groups in total. The van der Waals surface area contributed by atoms with E-state index in [4.69, 9.17) is 11.6 Å². The summed E-state index contributed by atoms with van der Waals surface area (Å²) in [5, 5.41) is 17.7. The molecule has 0 unspecified atom stereocenters. The summed E-state index contributed by atoms with van der Waals surface area (Å²) in [6.45, 7) is 0. The number of anilines is 1.